The van der Waals surface area contributed by atoms with Gasteiger partial charge in [0.25, 0.3) is 0 Å². The molecule has 0 amide bonds. The molecular formula is C53H78F2O4. The fourth-order valence-corrected chi connectivity index (χ4v) is 8.82. The van der Waals surface area contributed by atoms with Gasteiger partial charge in [0.05, 0.1) is 25.7 Å². The molecule has 4 rings (SSSR count). The first kappa shape index (κ1) is 48.6. The average molecular weight is 817 g/mol. The number of unbranched alkanes of at least 4 members (excludes halogenated alkanes) is 16. The summed E-state index contributed by atoms with van der Waals surface area (Å²) in [5.41, 5.74) is 3.02. The molecule has 0 N–H and O–H groups in total. The first-order valence-electron chi connectivity index (χ1n) is 23.9. The molecule has 6 heteroatoms. The molecule has 1 saturated carbocycles. The molecule has 3 aromatic rings. The number of halogens is 2. The van der Waals surface area contributed by atoms with Crippen LogP contribution in [0.25, 0.3) is 0 Å². The van der Waals surface area contributed by atoms with Crippen LogP contribution in [0.3, 0.4) is 0 Å². The summed E-state index contributed by atoms with van der Waals surface area (Å²) in [6.07, 6.45) is 30.0. The summed E-state index contributed by atoms with van der Waals surface area (Å²) in [7, 11) is 0. The molecule has 0 spiro atoms. The predicted octanol–water partition coefficient (Wildman–Crippen LogP) is 15.4. The summed E-state index contributed by atoms with van der Waals surface area (Å²) in [5.74, 6) is -0.387. The van der Waals surface area contributed by atoms with Gasteiger partial charge in [-0.05, 0) is 92.4 Å². The smallest absolute Gasteiger partial charge is 0.308 e. The Morgan fingerprint density at radius 3 is 1.49 bits per heavy atom. The summed E-state index contributed by atoms with van der Waals surface area (Å²) in [5, 5.41) is 0. The summed E-state index contributed by atoms with van der Waals surface area (Å²) < 4.78 is 45.4. The Hall–Kier alpha value is -3.09. The van der Waals surface area contributed by atoms with Gasteiger partial charge in [0, 0.05) is 13.2 Å². The van der Waals surface area contributed by atoms with Crippen LogP contribution in [0.4, 0.5) is 8.78 Å². The molecule has 0 radical (unpaired) electrons. The molecule has 1 fully saturated rings. The second kappa shape index (κ2) is 31.7. The minimum Gasteiger partial charge on any atom is -0.465 e. The van der Waals surface area contributed by atoms with Crippen molar-refractivity contribution in [3.63, 3.8) is 0 Å². The van der Waals surface area contributed by atoms with Gasteiger partial charge in [-0.1, -0.05) is 182 Å². The fraction of sp³-hybridized carbons (Fsp3) is 0.642. The predicted molar refractivity (Wildman–Crippen MR) is 239 cm³/mol. The maximum atomic E-state index is 14.2. The lowest BCUT2D eigenvalue weighted by molar-refractivity contribution is -0.149. The highest BCUT2D eigenvalue weighted by Crippen LogP contribution is 2.39. The molecule has 1 aliphatic carbocycles. The average Bonchev–Trinajstić information content (AvgIpc) is 3.26. The first-order valence-corrected chi connectivity index (χ1v) is 23.9. The van der Waals surface area contributed by atoms with Crippen molar-refractivity contribution in [3.8, 4) is 0 Å². The van der Waals surface area contributed by atoms with Crippen molar-refractivity contribution in [1.82, 2.24) is 0 Å². The lowest BCUT2D eigenvalue weighted by Gasteiger charge is -2.29. The van der Waals surface area contributed by atoms with E-state index in [1.54, 1.807) is 12.1 Å². The van der Waals surface area contributed by atoms with Crippen LogP contribution in [0.1, 0.15) is 190 Å². The minimum atomic E-state index is -0.715. The van der Waals surface area contributed by atoms with Crippen molar-refractivity contribution in [2.45, 2.75) is 186 Å². The van der Waals surface area contributed by atoms with Crippen LogP contribution in [0.5, 0.6) is 0 Å². The van der Waals surface area contributed by atoms with Gasteiger partial charge in [0.15, 0.2) is 11.6 Å². The lowest BCUT2D eigenvalue weighted by Crippen LogP contribution is -2.18. The van der Waals surface area contributed by atoms with Crippen LogP contribution in [0, 0.1) is 23.5 Å². The van der Waals surface area contributed by atoms with Crippen molar-refractivity contribution < 1.29 is 27.8 Å². The van der Waals surface area contributed by atoms with Crippen LogP contribution in [0.2, 0.25) is 0 Å². The van der Waals surface area contributed by atoms with Crippen molar-refractivity contribution in [1.29, 1.82) is 0 Å². The Labute approximate surface area is 357 Å². The molecule has 0 aromatic heterocycles. The van der Waals surface area contributed by atoms with Crippen LogP contribution in [-0.2, 0) is 32.2 Å². The van der Waals surface area contributed by atoms with E-state index in [-0.39, 0.29) is 17.8 Å². The number of hydrogen-bond donors (Lipinski definition) is 0. The maximum absolute atomic E-state index is 14.2. The minimum absolute atomic E-state index is 0.0129. The van der Waals surface area contributed by atoms with Crippen molar-refractivity contribution in [2.75, 3.05) is 19.8 Å². The quantitative estimate of drug-likeness (QED) is 0.0445. The van der Waals surface area contributed by atoms with E-state index in [0.29, 0.717) is 25.4 Å². The fourth-order valence-electron chi connectivity index (χ4n) is 8.82. The zero-order chi connectivity index (χ0) is 41.4. The lowest BCUT2D eigenvalue weighted by atomic mass is 9.77. The Balaban J connectivity index is 0.962. The van der Waals surface area contributed by atoms with E-state index < -0.39 is 11.6 Å². The molecule has 0 saturated heterocycles. The molecule has 3 aromatic carbocycles. The van der Waals surface area contributed by atoms with E-state index in [0.717, 1.165) is 122 Å². The van der Waals surface area contributed by atoms with Gasteiger partial charge in [-0.2, -0.15) is 0 Å². The van der Waals surface area contributed by atoms with Crippen molar-refractivity contribution in [3.05, 3.63) is 107 Å². The summed E-state index contributed by atoms with van der Waals surface area (Å²) in [6, 6.07) is 25.3. The van der Waals surface area contributed by atoms with Gasteiger partial charge in [-0.25, -0.2) is 8.78 Å². The molecule has 59 heavy (non-hydrogen) atoms. The van der Waals surface area contributed by atoms with Crippen molar-refractivity contribution in [2.24, 2.45) is 11.8 Å². The molecular weight excluding hydrogens is 739 g/mol. The second-order valence-corrected chi connectivity index (χ2v) is 17.4. The Bertz CT molecular complexity index is 1400. The number of ether oxygens (including phenoxy) is 3. The van der Waals surface area contributed by atoms with Gasteiger partial charge >= 0.3 is 5.97 Å². The number of benzene rings is 3. The van der Waals surface area contributed by atoms with Crippen LogP contribution in [0.15, 0.2) is 78.9 Å². The maximum Gasteiger partial charge on any atom is 0.308 e. The third kappa shape index (κ3) is 21.8. The number of rotatable bonds is 34. The number of carbonyl (C=O) groups excluding carboxylic acids is 1. The first-order chi connectivity index (χ1) is 29.1. The monoisotopic (exact) mass is 817 g/mol. The topological polar surface area (TPSA) is 44.8 Å². The third-order valence-electron chi connectivity index (χ3n) is 12.5. The molecule has 0 heterocycles. The van der Waals surface area contributed by atoms with Gasteiger partial charge < -0.3 is 14.2 Å². The summed E-state index contributed by atoms with van der Waals surface area (Å²) in [6.45, 7) is 3.47. The molecule has 4 nitrogen and oxygen atoms in total. The van der Waals surface area contributed by atoms with E-state index in [4.69, 9.17) is 14.2 Å². The SMILES string of the molecule is O=C(OCCCCCCCCCCCCC[C@H]1CC[C@H](c2cccc(F)c2F)CC1)C(CCCCCCOCc1ccccc1)CCCCCCOCc1ccccc1. The molecule has 1 aliphatic rings. The standard InChI is InChI=1S/C53H78F2O4/c54-51-35-26-34-50(52(51)55)48-38-36-45(37-39-48)27-16-8-6-4-2-1-3-5-7-11-25-42-59-53(56)49(32-21-9-12-23-40-57-43-46-28-17-14-18-29-46)33-22-10-13-24-41-58-44-47-30-19-15-20-31-47/h14-15,17-20,26,28-31,34-35,45,48-49H,1-13,16,21-25,27,32-33,36-44H2/t45-,48-. The zero-order valence-corrected chi connectivity index (χ0v) is 36.5. The highest BCUT2D eigenvalue weighted by molar-refractivity contribution is 5.72. The van der Waals surface area contributed by atoms with Crippen LogP contribution >= 0.6 is 0 Å². The molecule has 328 valence electrons. The van der Waals surface area contributed by atoms with E-state index in [1.807, 2.05) is 12.1 Å². The second-order valence-electron chi connectivity index (χ2n) is 17.4. The normalized spacial score (nSPS) is 15.5. The van der Waals surface area contributed by atoms with E-state index in [9.17, 15) is 13.6 Å². The van der Waals surface area contributed by atoms with Gasteiger partial charge in [-0.3, -0.25) is 4.79 Å². The van der Waals surface area contributed by atoms with Gasteiger partial charge in [0.2, 0.25) is 0 Å². The van der Waals surface area contributed by atoms with E-state index in [2.05, 4.69) is 48.5 Å². The molecule has 0 atom stereocenters. The third-order valence-corrected chi connectivity index (χ3v) is 12.5. The Morgan fingerprint density at radius 1 is 0.508 bits per heavy atom. The molecule has 0 bridgehead atoms. The van der Waals surface area contributed by atoms with Crippen LogP contribution in [-0.4, -0.2) is 25.8 Å². The van der Waals surface area contributed by atoms with Crippen molar-refractivity contribution >= 4 is 5.97 Å². The van der Waals surface area contributed by atoms with Gasteiger partial charge in [0.1, 0.15) is 0 Å². The summed E-state index contributed by atoms with van der Waals surface area (Å²) in [4.78, 5) is 13.2. The number of carbonyl (C=O) groups is 1. The van der Waals surface area contributed by atoms with Gasteiger partial charge in [-0.15, -0.1) is 0 Å². The van der Waals surface area contributed by atoms with Crippen LogP contribution < -0.4 is 0 Å². The van der Waals surface area contributed by atoms with E-state index in [1.165, 1.54) is 81.4 Å². The summed E-state index contributed by atoms with van der Waals surface area (Å²) >= 11 is 0. The zero-order valence-electron chi connectivity index (χ0n) is 36.5. The Morgan fingerprint density at radius 2 is 0.966 bits per heavy atom. The van der Waals surface area contributed by atoms with E-state index >= 15 is 0 Å². The highest BCUT2D eigenvalue weighted by Gasteiger charge is 2.25. The number of hydrogen-bond acceptors (Lipinski definition) is 4. The molecule has 0 unspecified atom stereocenters. The Kier molecular flexibility index (Phi) is 26.1. The highest BCUT2D eigenvalue weighted by atomic mass is 19.2. The number of esters is 1. The molecule has 0 aliphatic heterocycles. The largest absolute Gasteiger partial charge is 0.465 e.